The summed E-state index contributed by atoms with van der Waals surface area (Å²) in [5.74, 6) is -0.167. The van der Waals surface area contributed by atoms with Crippen molar-refractivity contribution in [1.82, 2.24) is 0 Å². The average Bonchev–Trinajstić information content (AvgIpc) is 2.40. The minimum Gasteiger partial charge on any atom is -0.388 e. The lowest BCUT2D eigenvalue weighted by atomic mass is 9.89. The molecule has 0 amide bonds. The van der Waals surface area contributed by atoms with Crippen LogP contribution in [0.3, 0.4) is 0 Å². The van der Waals surface area contributed by atoms with Crippen molar-refractivity contribution in [2.24, 2.45) is 5.73 Å². The number of halogens is 2. The second-order valence-corrected chi connectivity index (χ2v) is 5.75. The number of hydrogen-bond acceptors (Lipinski definition) is 2. The maximum Gasteiger partial charge on any atom is 0.0870 e. The van der Waals surface area contributed by atoms with E-state index in [1.807, 2.05) is 48.5 Å². The highest BCUT2D eigenvalue weighted by atomic mass is 79.9. The molecule has 0 saturated heterocycles. The van der Waals surface area contributed by atoms with Gasteiger partial charge in [-0.3, -0.25) is 0 Å². The molecule has 2 aromatic rings. The van der Waals surface area contributed by atoms with Gasteiger partial charge in [-0.1, -0.05) is 51.8 Å². The molecule has 2 rings (SSSR count). The van der Waals surface area contributed by atoms with Gasteiger partial charge in [-0.2, -0.15) is 0 Å². The molecular formula is C15H15BrClNO. The van der Waals surface area contributed by atoms with Gasteiger partial charge in [0.05, 0.1) is 6.10 Å². The highest BCUT2D eigenvalue weighted by Gasteiger charge is 2.21. The Labute approximate surface area is 126 Å². The van der Waals surface area contributed by atoms with E-state index in [1.165, 1.54) is 0 Å². The van der Waals surface area contributed by atoms with Crippen molar-refractivity contribution in [2.45, 2.75) is 12.0 Å². The minimum atomic E-state index is -0.642. The van der Waals surface area contributed by atoms with Crippen molar-refractivity contribution in [3.8, 4) is 0 Å². The van der Waals surface area contributed by atoms with Crippen LogP contribution in [0.25, 0.3) is 0 Å². The lowest BCUT2D eigenvalue weighted by molar-refractivity contribution is 0.147. The molecule has 0 fully saturated rings. The fraction of sp³-hybridized carbons (Fsp3) is 0.200. The van der Waals surface area contributed by atoms with Gasteiger partial charge in [0.1, 0.15) is 0 Å². The van der Waals surface area contributed by atoms with Gasteiger partial charge >= 0.3 is 0 Å². The second-order valence-electron chi connectivity index (χ2n) is 4.39. The average molecular weight is 341 g/mol. The zero-order valence-corrected chi connectivity index (χ0v) is 12.6. The van der Waals surface area contributed by atoms with Crippen LogP contribution in [0.5, 0.6) is 0 Å². The van der Waals surface area contributed by atoms with Crippen LogP contribution in [0.4, 0.5) is 0 Å². The number of aliphatic hydroxyl groups excluding tert-OH is 1. The molecule has 2 unspecified atom stereocenters. The highest BCUT2D eigenvalue weighted by molar-refractivity contribution is 9.10. The predicted octanol–water partition coefficient (Wildman–Crippen LogP) is 3.88. The summed E-state index contributed by atoms with van der Waals surface area (Å²) in [4.78, 5) is 0. The Balaban J connectivity index is 2.28. The lowest BCUT2D eigenvalue weighted by Crippen LogP contribution is -2.20. The van der Waals surface area contributed by atoms with Crippen molar-refractivity contribution in [3.05, 3.63) is 69.2 Å². The van der Waals surface area contributed by atoms with E-state index in [0.29, 0.717) is 11.6 Å². The van der Waals surface area contributed by atoms with E-state index in [-0.39, 0.29) is 5.92 Å². The number of benzene rings is 2. The topological polar surface area (TPSA) is 46.2 Å². The molecule has 0 spiro atoms. The van der Waals surface area contributed by atoms with Crippen LogP contribution in [0.1, 0.15) is 23.1 Å². The van der Waals surface area contributed by atoms with Gasteiger partial charge in [0.25, 0.3) is 0 Å². The number of hydrogen-bond donors (Lipinski definition) is 2. The summed E-state index contributed by atoms with van der Waals surface area (Å²) in [6, 6.07) is 15.1. The maximum absolute atomic E-state index is 10.5. The van der Waals surface area contributed by atoms with Gasteiger partial charge in [-0.15, -0.1) is 0 Å². The summed E-state index contributed by atoms with van der Waals surface area (Å²) >= 11 is 9.37. The standard InChI is InChI=1S/C15H15BrClNO/c16-12-6-4-10(5-7-12)15(19)14(9-18)11-2-1-3-13(17)8-11/h1-8,14-15,19H,9,18H2. The largest absolute Gasteiger partial charge is 0.388 e. The fourth-order valence-electron chi connectivity index (χ4n) is 2.08. The molecule has 0 aliphatic rings. The van der Waals surface area contributed by atoms with Crippen LogP contribution >= 0.6 is 27.5 Å². The van der Waals surface area contributed by atoms with Crippen LogP contribution < -0.4 is 5.73 Å². The van der Waals surface area contributed by atoms with E-state index in [1.54, 1.807) is 0 Å². The molecule has 4 heteroatoms. The fourth-order valence-corrected chi connectivity index (χ4v) is 2.54. The summed E-state index contributed by atoms with van der Waals surface area (Å²) in [6.45, 7) is 0.359. The van der Waals surface area contributed by atoms with Crippen LogP contribution in [0, 0.1) is 0 Å². The molecule has 3 N–H and O–H groups in total. The molecule has 0 aromatic heterocycles. The van der Waals surface area contributed by atoms with Crippen molar-refractivity contribution < 1.29 is 5.11 Å². The third-order valence-electron chi connectivity index (χ3n) is 3.12. The smallest absolute Gasteiger partial charge is 0.0870 e. The first-order chi connectivity index (χ1) is 9.11. The quantitative estimate of drug-likeness (QED) is 0.887. The Kier molecular flexibility index (Phi) is 4.99. The van der Waals surface area contributed by atoms with E-state index < -0.39 is 6.10 Å². The molecule has 0 saturated carbocycles. The SMILES string of the molecule is NCC(c1cccc(Cl)c1)C(O)c1ccc(Br)cc1. The monoisotopic (exact) mass is 339 g/mol. The molecule has 2 aromatic carbocycles. The first-order valence-electron chi connectivity index (χ1n) is 6.01. The number of rotatable bonds is 4. The Morgan fingerprint density at radius 1 is 1.11 bits per heavy atom. The molecule has 2 atom stereocenters. The van der Waals surface area contributed by atoms with Gasteiger partial charge in [-0.25, -0.2) is 0 Å². The van der Waals surface area contributed by atoms with Crippen LogP contribution in [-0.2, 0) is 0 Å². The van der Waals surface area contributed by atoms with E-state index in [9.17, 15) is 5.11 Å². The third kappa shape index (κ3) is 3.57. The summed E-state index contributed by atoms with van der Waals surface area (Å²) in [5.41, 5.74) is 7.61. The predicted molar refractivity (Wildman–Crippen MR) is 82.3 cm³/mol. The Morgan fingerprint density at radius 3 is 2.37 bits per heavy atom. The van der Waals surface area contributed by atoms with E-state index >= 15 is 0 Å². The minimum absolute atomic E-state index is 0.167. The van der Waals surface area contributed by atoms with Gasteiger partial charge in [0.15, 0.2) is 0 Å². The molecule has 0 radical (unpaired) electrons. The Morgan fingerprint density at radius 2 is 1.79 bits per heavy atom. The van der Waals surface area contributed by atoms with Crippen molar-refractivity contribution in [2.75, 3.05) is 6.54 Å². The zero-order chi connectivity index (χ0) is 13.8. The third-order valence-corrected chi connectivity index (χ3v) is 3.89. The van der Waals surface area contributed by atoms with Crippen LogP contribution in [0.15, 0.2) is 53.0 Å². The summed E-state index contributed by atoms with van der Waals surface area (Å²) in [6.07, 6.45) is -0.642. The van der Waals surface area contributed by atoms with Gasteiger partial charge < -0.3 is 10.8 Å². The normalized spacial score (nSPS) is 14.1. The summed E-state index contributed by atoms with van der Waals surface area (Å²) < 4.78 is 0.982. The van der Waals surface area contributed by atoms with Gasteiger partial charge in [0, 0.05) is 22.0 Å². The molecule has 0 aliphatic heterocycles. The zero-order valence-electron chi connectivity index (χ0n) is 10.3. The van der Waals surface area contributed by atoms with Crippen molar-refractivity contribution >= 4 is 27.5 Å². The lowest BCUT2D eigenvalue weighted by Gasteiger charge is -2.22. The van der Waals surface area contributed by atoms with Crippen molar-refractivity contribution in [3.63, 3.8) is 0 Å². The number of nitrogens with two attached hydrogens (primary N) is 1. The van der Waals surface area contributed by atoms with Crippen LogP contribution in [-0.4, -0.2) is 11.7 Å². The first-order valence-corrected chi connectivity index (χ1v) is 7.18. The van der Waals surface area contributed by atoms with Gasteiger partial charge in [-0.05, 0) is 35.4 Å². The van der Waals surface area contributed by atoms with Crippen LogP contribution in [0.2, 0.25) is 5.02 Å². The highest BCUT2D eigenvalue weighted by Crippen LogP contribution is 2.31. The second kappa shape index (κ2) is 6.53. The van der Waals surface area contributed by atoms with E-state index in [4.69, 9.17) is 17.3 Å². The summed E-state index contributed by atoms with van der Waals surface area (Å²) in [7, 11) is 0. The summed E-state index contributed by atoms with van der Waals surface area (Å²) in [5, 5.41) is 11.1. The molecule has 2 nitrogen and oxygen atoms in total. The molecule has 100 valence electrons. The Bertz CT molecular complexity index is 544. The van der Waals surface area contributed by atoms with E-state index in [2.05, 4.69) is 15.9 Å². The molecule has 0 heterocycles. The molecule has 0 bridgehead atoms. The van der Waals surface area contributed by atoms with E-state index in [0.717, 1.165) is 15.6 Å². The molecular weight excluding hydrogens is 326 g/mol. The Hall–Kier alpha value is -0.870. The molecule has 0 aliphatic carbocycles. The first kappa shape index (κ1) is 14.5. The molecule has 19 heavy (non-hydrogen) atoms. The van der Waals surface area contributed by atoms with Crippen molar-refractivity contribution in [1.29, 1.82) is 0 Å². The number of aliphatic hydroxyl groups is 1. The van der Waals surface area contributed by atoms with Gasteiger partial charge in [0.2, 0.25) is 0 Å². The maximum atomic E-state index is 10.5.